The molecule has 0 aliphatic rings. The second kappa shape index (κ2) is 10.1. The number of unbranched alkanes of at least 4 members (excludes halogenated alkanes) is 1. The predicted octanol–water partition coefficient (Wildman–Crippen LogP) is 4.01. The van der Waals surface area contributed by atoms with Gasteiger partial charge in [-0.05, 0) is 43.9 Å². The Bertz CT molecular complexity index is 1180. The number of hydrogen-bond acceptors (Lipinski definition) is 6. The summed E-state index contributed by atoms with van der Waals surface area (Å²) in [6, 6.07) is 8.05. The van der Waals surface area contributed by atoms with Crippen LogP contribution in [0.3, 0.4) is 0 Å². The first-order valence-corrected chi connectivity index (χ1v) is 10.6. The molecule has 3 aromatic rings. The molecule has 0 fully saturated rings. The van der Waals surface area contributed by atoms with Gasteiger partial charge in [-0.3, -0.25) is 14.2 Å². The van der Waals surface area contributed by atoms with Crippen molar-refractivity contribution in [2.24, 2.45) is 0 Å². The van der Waals surface area contributed by atoms with E-state index < -0.39 is 12.1 Å². The minimum Gasteiger partial charge on any atom is -0.478 e. The van der Waals surface area contributed by atoms with Crippen LogP contribution in [0.15, 0.2) is 56.8 Å². The van der Waals surface area contributed by atoms with Gasteiger partial charge in [0.05, 0.1) is 12.0 Å². The second-order valence-corrected chi connectivity index (χ2v) is 7.19. The lowest BCUT2D eigenvalue weighted by molar-refractivity contribution is -0.151. The molecule has 0 N–H and O–H groups in total. The number of esters is 1. The molecular formula is C24H27NO6. The van der Waals surface area contributed by atoms with Crippen LogP contribution in [0.25, 0.3) is 16.7 Å². The third-order valence-corrected chi connectivity index (χ3v) is 5.01. The van der Waals surface area contributed by atoms with Gasteiger partial charge in [0, 0.05) is 18.3 Å². The Balaban J connectivity index is 2.11. The number of carbonyl (C=O) groups is 1. The molecule has 0 bridgehead atoms. The van der Waals surface area contributed by atoms with Crippen molar-refractivity contribution in [2.45, 2.75) is 52.6 Å². The molecule has 2 aromatic heterocycles. The van der Waals surface area contributed by atoms with Crippen molar-refractivity contribution in [1.82, 2.24) is 4.57 Å². The summed E-state index contributed by atoms with van der Waals surface area (Å²) in [5.74, 6) is 0.0698. The van der Waals surface area contributed by atoms with Gasteiger partial charge in [0.1, 0.15) is 23.3 Å². The van der Waals surface area contributed by atoms with E-state index in [0.717, 1.165) is 18.4 Å². The molecule has 7 nitrogen and oxygen atoms in total. The highest BCUT2D eigenvalue weighted by atomic mass is 16.6. The maximum atomic E-state index is 13.2. The average Bonchev–Trinajstić information content (AvgIpc) is 2.77. The molecule has 0 aliphatic carbocycles. The second-order valence-electron chi connectivity index (χ2n) is 7.19. The predicted molar refractivity (Wildman–Crippen MR) is 118 cm³/mol. The van der Waals surface area contributed by atoms with E-state index in [1.807, 2.05) is 6.92 Å². The minimum absolute atomic E-state index is 0.145. The molecule has 0 saturated heterocycles. The maximum Gasteiger partial charge on any atom is 0.347 e. The van der Waals surface area contributed by atoms with Gasteiger partial charge in [0.25, 0.3) is 5.56 Å². The lowest BCUT2D eigenvalue weighted by Crippen LogP contribution is -2.29. The number of benzene rings is 1. The summed E-state index contributed by atoms with van der Waals surface area (Å²) in [4.78, 5) is 37.5. The van der Waals surface area contributed by atoms with Crippen molar-refractivity contribution in [3.8, 4) is 11.4 Å². The van der Waals surface area contributed by atoms with Crippen molar-refractivity contribution in [3.05, 3.63) is 68.9 Å². The van der Waals surface area contributed by atoms with E-state index in [2.05, 4.69) is 6.92 Å². The maximum absolute atomic E-state index is 13.2. The smallest absolute Gasteiger partial charge is 0.347 e. The number of pyridine rings is 1. The summed E-state index contributed by atoms with van der Waals surface area (Å²) in [7, 11) is 0. The van der Waals surface area contributed by atoms with E-state index in [1.165, 1.54) is 23.1 Å². The van der Waals surface area contributed by atoms with Crippen molar-refractivity contribution in [1.29, 1.82) is 0 Å². The normalized spacial score (nSPS) is 12.0. The lowest BCUT2D eigenvalue weighted by Gasteiger charge is -2.19. The fourth-order valence-corrected chi connectivity index (χ4v) is 3.34. The Morgan fingerprint density at radius 1 is 1.16 bits per heavy atom. The van der Waals surface area contributed by atoms with Gasteiger partial charge in [-0.25, -0.2) is 4.79 Å². The standard InChI is InChI=1S/C24H27NO6/c1-4-7-10-16-13-17-21(14-20(16)31-19(5-2)24(28)29-6-3)30-15-18(23(17)27)25-12-9-8-11-22(25)26/h8-9,11-15,19H,4-7,10H2,1-3H3/t19-/m1/s1. The van der Waals surface area contributed by atoms with E-state index in [4.69, 9.17) is 13.9 Å². The van der Waals surface area contributed by atoms with Gasteiger partial charge in [-0.1, -0.05) is 26.3 Å². The summed E-state index contributed by atoms with van der Waals surface area (Å²) in [5.41, 5.74) is 0.650. The zero-order chi connectivity index (χ0) is 22.4. The molecule has 2 heterocycles. The number of ether oxygens (including phenoxy) is 2. The fourth-order valence-electron chi connectivity index (χ4n) is 3.34. The van der Waals surface area contributed by atoms with Crippen molar-refractivity contribution >= 4 is 16.9 Å². The molecular weight excluding hydrogens is 398 g/mol. The van der Waals surface area contributed by atoms with Gasteiger partial charge in [-0.15, -0.1) is 0 Å². The highest BCUT2D eigenvalue weighted by Gasteiger charge is 2.22. The van der Waals surface area contributed by atoms with Crippen LogP contribution in [0.5, 0.6) is 5.75 Å². The van der Waals surface area contributed by atoms with Crippen LogP contribution in [-0.4, -0.2) is 23.2 Å². The Labute approximate surface area is 180 Å². The van der Waals surface area contributed by atoms with Gasteiger partial charge >= 0.3 is 5.97 Å². The van der Waals surface area contributed by atoms with Gasteiger partial charge < -0.3 is 13.9 Å². The molecule has 0 unspecified atom stereocenters. The van der Waals surface area contributed by atoms with Crippen LogP contribution in [0, 0.1) is 0 Å². The van der Waals surface area contributed by atoms with E-state index >= 15 is 0 Å². The monoisotopic (exact) mass is 425 g/mol. The molecule has 1 atom stereocenters. The summed E-state index contributed by atoms with van der Waals surface area (Å²) in [5, 5.41) is 0.357. The minimum atomic E-state index is -0.744. The number of aromatic nitrogens is 1. The molecule has 0 spiro atoms. The number of fused-ring (bicyclic) bond motifs is 1. The van der Waals surface area contributed by atoms with E-state index in [-0.39, 0.29) is 23.3 Å². The Kier molecular flexibility index (Phi) is 7.28. The topological polar surface area (TPSA) is 87.7 Å². The van der Waals surface area contributed by atoms with Crippen LogP contribution in [0.1, 0.15) is 45.6 Å². The zero-order valence-corrected chi connectivity index (χ0v) is 18.1. The van der Waals surface area contributed by atoms with Crippen LogP contribution in [-0.2, 0) is 16.0 Å². The number of aryl methyl sites for hydroxylation is 1. The first-order valence-electron chi connectivity index (χ1n) is 10.6. The largest absolute Gasteiger partial charge is 0.478 e. The molecule has 1 aromatic carbocycles. The average molecular weight is 425 g/mol. The summed E-state index contributed by atoms with van der Waals surface area (Å²) >= 11 is 0. The lowest BCUT2D eigenvalue weighted by atomic mass is 10.0. The van der Waals surface area contributed by atoms with Crippen molar-refractivity contribution in [3.63, 3.8) is 0 Å². The van der Waals surface area contributed by atoms with E-state index in [9.17, 15) is 14.4 Å². The quantitative estimate of drug-likeness (QED) is 0.482. The number of rotatable bonds is 9. The van der Waals surface area contributed by atoms with E-state index in [0.29, 0.717) is 29.6 Å². The summed E-state index contributed by atoms with van der Waals surface area (Å²) < 4.78 is 18.1. The van der Waals surface area contributed by atoms with Crippen molar-refractivity contribution < 1.29 is 18.7 Å². The third-order valence-electron chi connectivity index (χ3n) is 5.01. The highest BCUT2D eigenvalue weighted by Crippen LogP contribution is 2.28. The summed E-state index contributed by atoms with van der Waals surface area (Å²) in [6.45, 7) is 5.94. The molecule has 164 valence electrons. The Hall–Kier alpha value is -3.35. The van der Waals surface area contributed by atoms with Crippen LogP contribution in [0.4, 0.5) is 0 Å². The number of hydrogen-bond donors (Lipinski definition) is 0. The van der Waals surface area contributed by atoms with Gasteiger partial charge in [0.15, 0.2) is 6.10 Å². The number of nitrogens with zero attached hydrogens (tertiary/aromatic N) is 1. The van der Waals surface area contributed by atoms with Gasteiger partial charge in [-0.2, -0.15) is 0 Å². The first-order chi connectivity index (χ1) is 15.0. The molecule has 0 saturated carbocycles. The number of carbonyl (C=O) groups excluding carboxylic acids is 1. The molecule has 3 rings (SSSR count). The Morgan fingerprint density at radius 3 is 2.65 bits per heavy atom. The van der Waals surface area contributed by atoms with Crippen LogP contribution < -0.4 is 15.7 Å². The molecule has 0 amide bonds. The Morgan fingerprint density at radius 2 is 1.97 bits per heavy atom. The molecule has 7 heteroatoms. The van der Waals surface area contributed by atoms with Crippen LogP contribution >= 0.6 is 0 Å². The van der Waals surface area contributed by atoms with Crippen LogP contribution in [0.2, 0.25) is 0 Å². The zero-order valence-electron chi connectivity index (χ0n) is 18.1. The molecule has 31 heavy (non-hydrogen) atoms. The van der Waals surface area contributed by atoms with Gasteiger partial charge in [0.2, 0.25) is 5.43 Å². The SMILES string of the molecule is CCCCc1cc2c(=O)c(-n3ccccc3=O)coc2cc1O[C@H](CC)C(=O)OCC. The molecule has 0 aliphatic heterocycles. The third kappa shape index (κ3) is 4.87. The summed E-state index contributed by atoms with van der Waals surface area (Å²) in [6.07, 6.45) is 5.03. The van der Waals surface area contributed by atoms with Crippen molar-refractivity contribution in [2.75, 3.05) is 6.61 Å². The first kappa shape index (κ1) is 22.3. The fraction of sp³-hybridized carbons (Fsp3) is 0.375. The molecule has 0 radical (unpaired) electrons. The highest BCUT2D eigenvalue weighted by molar-refractivity contribution is 5.81. The van der Waals surface area contributed by atoms with E-state index in [1.54, 1.807) is 31.2 Å².